The molecule has 1 aromatic rings. The molecule has 0 aromatic heterocycles. The Hall–Kier alpha value is -2.08. The molecule has 0 aliphatic carbocycles. The lowest BCUT2D eigenvalue weighted by Gasteiger charge is -2.31. The Kier molecular flexibility index (Phi) is 4.26. The monoisotopic (exact) mass is 316 g/mol. The first-order valence-corrected chi connectivity index (χ1v) is 8.15. The molecule has 124 valence electrons. The number of piperidine rings is 1. The summed E-state index contributed by atoms with van der Waals surface area (Å²) in [5.74, 6) is 0. The Labute approximate surface area is 136 Å². The van der Waals surface area contributed by atoms with E-state index in [2.05, 4.69) is 24.5 Å². The van der Waals surface area contributed by atoms with Crippen molar-refractivity contribution in [2.24, 2.45) is 0 Å². The highest BCUT2D eigenvalue weighted by Crippen LogP contribution is 2.35. The lowest BCUT2D eigenvalue weighted by Crippen LogP contribution is -2.44. The van der Waals surface area contributed by atoms with E-state index in [4.69, 9.17) is 10.1 Å². The van der Waals surface area contributed by atoms with Crippen molar-refractivity contribution >= 4 is 23.7 Å². The summed E-state index contributed by atoms with van der Waals surface area (Å²) in [7, 11) is 0. The second-order valence-corrected chi connectivity index (χ2v) is 6.60. The molecular formula is C17H24N4O2. The topological polar surface area (TPSA) is 77.5 Å². The highest BCUT2D eigenvalue weighted by Gasteiger charge is 2.46. The molecule has 0 radical (unpaired) electrons. The van der Waals surface area contributed by atoms with Crippen molar-refractivity contribution in [3.8, 4) is 0 Å². The van der Waals surface area contributed by atoms with E-state index in [1.165, 1.54) is 6.21 Å². The standard InChI is InChI=1S/C17H24N4O2/c1-12(2)20-15-9-14(4-3-13(15)10-18)21-11-17(23-16(21)22)5-7-19-8-6-17/h3-4,9-10,12,18-20H,5-8,11H2,1-2H3. The average Bonchev–Trinajstić information content (AvgIpc) is 2.83. The zero-order chi connectivity index (χ0) is 16.4. The van der Waals surface area contributed by atoms with Gasteiger partial charge in [0.05, 0.1) is 6.54 Å². The van der Waals surface area contributed by atoms with E-state index in [0.717, 1.165) is 42.9 Å². The predicted molar refractivity (Wildman–Crippen MR) is 91.7 cm³/mol. The number of hydrogen-bond donors (Lipinski definition) is 3. The van der Waals surface area contributed by atoms with E-state index in [9.17, 15) is 4.79 Å². The number of nitrogens with one attached hydrogen (secondary N) is 3. The minimum atomic E-state index is -0.353. The lowest BCUT2D eigenvalue weighted by molar-refractivity contribution is 0.0316. The molecule has 0 unspecified atom stereocenters. The van der Waals surface area contributed by atoms with Crippen LogP contribution in [-0.2, 0) is 4.74 Å². The fraction of sp³-hybridized carbons (Fsp3) is 0.529. The number of anilines is 2. The van der Waals surface area contributed by atoms with Crippen molar-refractivity contribution < 1.29 is 9.53 Å². The quantitative estimate of drug-likeness (QED) is 0.746. The van der Waals surface area contributed by atoms with Gasteiger partial charge in [-0.1, -0.05) is 0 Å². The molecule has 2 aliphatic heterocycles. The Morgan fingerprint density at radius 1 is 1.39 bits per heavy atom. The van der Waals surface area contributed by atoms with Crippen LogP contribution in [0.15, 0.2) is 18.2 Å². The molecule has 0 atom stereocenters. The molecule has 23 heavy (non-hydrogen) atoms. The van der Waals surface area contributed by atoms with Crippen molar-refractivity contribution in [2.75, 3.05) is 29.9 Å². The van der Waals surface area contributed by atoms with E-state index in [0.29, 0.717) is 6.54 Å². The van der Waals surface area contributed by atoms with Crippen LogP contribution in [0.1, 0.15) is 32.3 Å². The van der Waals surface area contributed by atoms with Gasteiger partial charge >= 0.3 is 6.09 Å². The van der Waals surface area contributed by atoms with Crippen molar-refractivity contribution in [3.05, 3.63) is 23.8 Å². The molecule has 3 N–H and O–H groups in total. The number of hydrogen-bond acceptors (Lipinski definition) is 5. The van der Waals surface area contributed by atoms with Crippen LogP contribution in [0.2, 0.25) is 0 Å². The molecule has 0 bridgehead atoms. The maximum absolute atomic E-state index is 12.4. The zero-order valence-corrected chi connectivity index (χ0v) is 13.7. The number of carbonyl (C=O) groups is 1. The van der Waals surface area contributed by atoms with Crippen molar-refractivity contribution in [1.82, 2.24) is 5.32 Å². The van der Waals surface area contributed by atoms with Gasteiger partial charge in [-0.05, 0) is 45.1 Å². The maximum Gasteiger partial charge on any atom is 0.415 e. The van der Waals surface area contributed by atoms with Crippen molar-refractivity contribution in [1.29, 1.82) is 5.41 Å². The normalized spacial score (nSPS) is 20.0. The molecule has 2 saturated heterocycles. The van der Waals surface area contributed by atoms with Crippen LogP contribution in [0.5, 0.6) is 0 Å². The molecule has 2 heterocycles. The fourth-order valence-electron chi connectivity index (χ4n) is 3.24. The van der Waals surface area contributed by atoms with Gasteiger partial charge in [0.25, 0.3) is 0 Å². The predicted octanol–water partition coefficient (Wildman–Crippen LogP) is 2.58. The van der Waals surface area contributed by atoms with Crippen LogP contribution in [0.3, 0.4) is 0 Å². The molecule has 2 aliphatic rings. The number of benzene rings is 1. The summed E-state index contributed by atoms with van der Waals surface area (Å²) in [5.41, 5.74) is 2.14. The summed E-state index contributed by atoms with van der Waals surface area (Å²) in [5, 5.41) is 14.2. The average molecular weight is 316 g/mol. The number of amides is 1. The molecular weight excluding hydrogens is 292 g/mol. The van der Waals surface area contributed by atoms with Gasteiger partial charge in [0.2, 0.25) is 0 Å². The second-order valence-electron chi connectivity index (χ2n) is 6.60. The zero-order valence-electron chi connectivity index (χ0n) is 13.7. The number of carbonyl (C=O) groups excluding carboxylic acids is 1. The summed E-state index contributed by atoms with van der Waals surface area (Å²) in [6.45, 7) is 6.46. The van der Waals surface area contributed by atoms with Gasteiger partial charge in [0, 0.05) is 42.0 Å². The Balaban J connectivity index is 1.86. The second kappa shape index (κ2) is 6.20. The summed E-state index contributed by atoms with van der Waals surface area (Å²) in [6, 6.07) is 5.94. The van der Waals surface area contributed by atoms with E-state index in [-0.39, 0.29) is 17.7 Å². The first kappa shape index (κ1) is 15.8. The Morgan fingerprint density at radius 3 is 2.78 bits per heavy atom. The third kappa shape index (κ3) is 3.17. The Morgan fingerprint density at radius 2 is 2.13 bits per heavy atom. The van der Waals surface area contributed by atoms with Gasteiger partial charge in [0.15, 0.2) is 0 Å². The van der Waals surface area contributed by atoms with E-state index >= 15 is 0 Å². The summed E-state index contributed by atoms with van der Waals surface area (Å²) in [6.07, 6.45) is 2.76. The fourth-order valence-corrected chi connectivity index (χ4v) is 3.24. The molecule has 3 rings (SSSR count). The number of ether oxygens (including phenoxy) is 1. The van der Waals surface area contributed by atoms with Gasteiger partial charge < -0.3 is 20.8 Å². The molecule has 1 spiro atoms. The summed E-state index contributed by atoms with van der Waals surface area (Å²) < 4.78 is 5.72. The van der Waals surface area contributed by atoms with E-state index < -0.39 is 0 Å². The molecule has 0 saturated carbocycles. The lowest BCUT2D eigenvalue weighted by atomic mass is 9.92. The van der Waals surface area contributed by atoms with Crippen LogP contribution < -0.4 is 15.5 Å². The third-order valence-electron chi connectivity index (χ3n) is 4.43. The van der Waals surface area contributed by atoms with Gasteiger partial charge in [0.1, 0.15) is 5.60 Å². The van der Waals surface area contributed by atoms with Crippen LogP contribution >= 0.6 is 0 Å². The number of rotatable bonds is 4. The highest BCUT2D eigenvalue weighted by atomic mass is 16.6. The molecule has 1 amide bonds. The molecule has 6 nitrogen and oxygen atoms in total. The maximum atomic E-state index is 12.4. The summed E-state index contributed by atoms with van der Waals surface area (Å²) in [4.78, 5) is 14.1. The summed E-state index contributed by atoms with van der Waals surface area (Å²) >= 11 is 0. The van der Waals surface area contributed by atoms with Crippen LogP contribution in [0.4, 0.5) is 16.2 Å². The van der Waals surface area contributed by atoms with Crippen LogP contribution in [0, 0.1) is 5.41 Å². The first-order chi connectivity index (χ1) is 11.0. The van der Waals surface area contributed by atoms with Crippen LogP contribution in [0.25, 0.3) is 0 Å². The smallest absolute Gasteiger partial charge is 0.415 e. The van der Waals surface area contributed by atoms with Gasteiger partial charge in [-0.2, -0.15) is 0 Å². The Bertz CT molecular complexity index is 609. The van der Waals surface area contributed by atoms with Crippen LogP contribution in [-0.4, -0.2) is 43.6 Å². The molecule has 2 fully saturated rings. The SMILES string of the molecule is CC(C)Nc1cc(N2CC3(CCNCC3)OC2=O)ccc1C=N. The minimum absolute atomic E-state index is 0.255. The third-order valence-corrected chi connectivity index (χ3v) is 4.43. The minimum Gasteiger partial charge on any atom is -0.441 e. The highest BCUT2D eigenvalue weighted by molar-refractivity contribution is 5.93. The van der Waals surface area contributed by atoms with Gasteiger partial charge in [-0.15, -0.1) is 0 Å². The largest absolute Gasteiger partial charge is 0.441 e. The molecule has 1 aromatic carbocycles. The van der Waals surface area contributed by atoms with E-state index in [1.807, 2.05) is 18.2 Å². The molecule has 6 heteroatoms. The van der Waals surface area contributed by atoms with Gasteiger partial charge in [-0.3, -0.25) is 4.90 Å². The van der Waals surface area contributed by atoms with E-state index in [1.54, 1.807) is 4.90 Å². The first-order valence-electron chi connectivity index (χ1n) is 8.15. The number of nitrogens with zero attached hydrogens (tertiary/aromatic N) is 1. The van der Waals surface area contributed by atoms with Gasteiger partial charge in [-0.25, -0.2) is 4.79 Å². The van der Waals surface area contributed by atoms with Crippen molar-refractivity contribution in [2.45, 2.75) is 38.3 Å². The van der Waals surface area contributed by atoms with Crippen molar-refractivity contribution in [3.63, 3.8) is 0 Å².